The Kier molecular flexibility index (Phi) is 6.28. The van der Waals surface area contributed by atoms with E-state index in [1.807, 2.05) is 69.0 Å². The molecule has 0 aliphatic carbocycles. The number of anilines is 1. The van der Waals surface area contributed by atoms with E-state index in [0.717, 1.165) is 30.6 Å². The van der Waals surface area contributed by atoms with Gasteiger partial charge >= 0.3 is 0 Å². The molecule has 1 amide bonds. The van der Waals surface area contributed by atoms with E-state index in [1.54, 1.807) is 0 Å². The van der Waals surface area contributed by atoms with Crippen LogP contribution in [0.1, 0.15) is 70.2 Å². The normalized spacial score (nSPS) is 24.7. The number of aromatic nitrogens is 2. The molecule has 1 aromatic carbocycles. The maximum absolute atomic E-state index is 14.0. The van der Waals surface area contributed by atoms with Crippen LogP contribution in [0.25, 0.3) is 0 Å². The van der Waals surface area contributed by atoms with Crippen molar-refractivity contribution in [3.63, 3.8) is 0 Å². The molecule has 1 fully saturated rings. The predicted octanol–water partition coefficient (Wildman–Crippen LogP) is 5.21. The first-order valence-corrected chi connectivity index (χ1v) is 11.6. The number of alkyl halides is 2. The van der Waals surface area contributed by atoms with E-state index in [4.69, 9.17) is 0 Å². The first-order valence-electron chi connectivity index (χ1n) is 11.6. The van der Waals surface area contributed by atoms with Gasteiger partial charge in [-0.1, -0.05) is 51.1 Å². The number of rotatable bonds is 4. The number of nitrogens with one attached hydrogen (secondary N) is 1. The molecule has 2 aliphatic heterocycles. The quantitative estimate of drug-likeness (QED) is 0.704. The van der Waals surface area contributed by atoms with Gasteiger partial charge in [-0.3, -0.25) is 4.79 Å². The van der Waals surface area contributed by atoms with Crippen molar-refractivity contribution >= 4 is 11.7 Å². The van der Waals surface area contributed by atoms with Crippen molar-refractivity contribution < 1.29 is 13.6 Å². The highest BCUT2D eigenvalue weighted by Gasteiger charge is 2.40. The highest BCUT2D eigenvalue weighted by atomic mass is 19.3. The molecule has 0 unspecified atom stereocenters. The number of piperidine rings is 1. The highest BCUT2D eigenvalue weighted by Crippen LogP contribution is 2.38. The lowest BCUT2D eigenvalue weighted by molar-refractivity contribution is -0.134. The molecule has 3 heterocycles. The molecule has 0 saturated carbocycles. The van der Waals surface area contributed by atoms with E-state index >= 15 is 0 Å². The summed E-state index contributed by atoms with van der Waals surface area (Å²) >= 11 is 0. The summed E-state index contributed by atoms with van der Waals surface area (Å²) in [6.45, 7) is 9.38. The van der Waals surface area contributed by atoms with Gasteiger partial charge in [0, 0.05) is 30.6 Å². The molecule has 2 aromatic rings. The van der Waals surface area contributed by atoms with Crippen LogP contribution in [0.5, 0.6) is 0 Å². The topological polar surface area (TPSA) is 50.2 Å². The number of halogens is 2. The minimum Gasteiger partial charge on any atom is -0.367 e. The molecule has 0 radical (unpaired) electrons. The first kappa shape index (κ1) is 22.7. The Bertz CT molecular complexity index is 937. The van der Waals surface area contributed by atoms with Gasteiger partial charge in [0.2, 0.25) is 5.91 Å². The Hall–Kier alpha value is -2.44. The summed E-state index contributed by atoms with van der Waals surface area (Å²) in [6.07, 6.45) is -0.346. The molecular weight excluding hydrogens is 410 g/mol. The predicted molar refractivity (Wildman–Crippen MR) is 122 cm³/mol. The highest BCUT2D eigenvalue weighted by molar-refractivity contribution is 5.83. The van der Waals surface area contributed by atoms with Gasteiger partial charge in [0.15, 0.2) is 0 Å². The standard InChI is InChI=1S/C25H34F2N4O/c1-16(17-9-6-5-7-10-17)24(32)30-12-8-11-18(15-30)19-13-20(23(26)27)31-22(28-19)14-21(29-31)25(2,3)4/h5-7,9-10,14,16,18-20,23,28H,8,11-13,15H2,1-4H3/t16-,18+,19+,20-/m1/s1. The second kappa shape index (κ2) is 8.83. The van der Waals surface area contributed by atoms with Crippen molar-refractivity contribution in [2.75, 3.05) is 18.4 Å². The maximum Gasteiger partial charge on any atom is 0.260 e. The fraction of sp³-hybridized carbons (Fsp3) is 0.600. The second-order valence-electron chi connectivity index (χ2n) is 10.3. The molecule has 32 heavy (non-hydrogen) atoms. The molecule has 1 saturated heterocycles. The van der Waals surface area contributed by atoms with Gasteiger partial charge in [-0.05, 0) is 37.7 Å². The summed E-state index contributed by atoms with van der Waals surface area (Å²) in [5, 5.41) is 8.01. The van der Waals surface area contributed by atoms with Crippen LogP contribution >= 0.6 is 0 Å². The van der Waals surface area contributed by atoms with Crippen molar-refractivity contribution in [3.8, 4) is 0 Å². The monoisotopic (exact) mass is 444 g/mol. The van der Waals surface area contributed by atoms with Crippen LogP contribution in [0.3, 0.4) is 0 Å². The number of hydrogen-bond acceptors (Lipinski definition) is 3. The fourth-order valence-electron chi connectivity index (χ4n) is 4.95. The lowest BCUT2D eigenvalue weighted by atomic mass is 9.85. The number of carbonyl (C=O) groups excluding carboxylic acids is 1. The number of hydrogen-bond donors (Lipinski definition) is 1. The Labute approximate surface area is 189 Å². The number of carbonyl (C=O) groups is 1. The van der Waals surface area contributed by atoms with Crippen LogP contribution in [0, 0.1) is 5.92 Å². The molecule has 1 N–H and O–H groups in total. The van der Waals surface area contributed by atoms with Gasteiger partial charge in [0.05, 0.1) is 11.6 Å². The van der Waals surface area contributed by atoms with Crippen LogP contribution in [0.15, 0.2) is 36.4 Å². The molecule has 5 nitrogen and oxygen atoms in total. The van der Waals surface area contributed by atoms with Crippen molar-refractivity contribution in [3.05, 3.63) is 47.7 Å². The van der Waals surface area contributed by atoms with E-state index in [2.05, 4.69) is 10.4 Å². The molecule has 0 spiro atoms. The molecular formula is C25H34F2N4O. The number of fused-ring (bicyclic) bond motifs is 1. The molecule has 4 rings (SSSR count). The van der Waals surface area contributed by atoms with Crippen LogP contribution in [-0.2, 0) is 10.2 Å². The van der Waals surface area contributed by atoms with Crippen molar-refractivity contribution in [1.29, 1.82) is 0 Å². The van der Waals surface area contributed by atoms with E-state index in [0.29, 0.717) is 18.8 Å². The summed E-state index contributed by atoms with van der Waals surface area (Å²) in [7, 11) is 0. The third kappa shape index (κ3) is 4.52. The number of nitrogens with zero attached hydrogens (tertiary/aromatic N) is 3. The summed E-state index contributed by atoms with van der Waals surface area (Å²) < 4.78 is 29.5. The van der Waals surface area contributed by atoms with Gasteiger partial charge in [-0.25, -0.2) is 13.5 Å². The third-order valence-corrected chi connectivity index (χ3v) is 6.95. The Balaban J connectivity index is 1.51. The number of amides is 1. The summed E-state index contributed by atoms with van der Waals surface area (Å²) in [5.74, 6) is 0.706. The van der Waals surface area contributed by atoms with Gasteiger partial charge in [0.25, 0.3) is 6.43 Å². The molecule has 4 atom stereocenters. The Morgan fingerprint density at radius 3 is 2.59 bits per heavy atom. The molecule has 2 aliphatic rings. The Morgan fingerprint density at radius 2 is 1.94 bits per heavy atom. The maximum atomic E-state index is 14.0. The fourth-order valence-corrected chi connectivity index (χ4v) is 4.95. The molecule has 1 aromatic heterocycles. The Morgan fingerprint density at radius 1 is 1.22 bits per heavy atom. The molecule has 0 bridgehead atoms. The van der Waals surface area contributed by atoms with Gasteiger partial charge in [-0.15, -0.1) is 0 Å². The molecule has 174 valence electrons. The third-order valence-electron chi connectivity index (χ3n) is 6.95. The van der Waals surface area contributed by atoms with E-state index < -0.39 is 12.5 Å². The zero-order chi connectivity index (χ0) is 23.0. The second-order valence-corrected chi connectivity index (χ2v) is 10.3. The minimum absolute atomic E-state index is 0.103. The van der Waals surface area contributed by atoms with Gasteiger partial charge in [0.1, 0.15) is 11.9 Å². The summed E-state index contributed by atoms with van der Waals surface area (Å²) in [5.41, 5.74) is 1.60. The lowest BCUT2D eigenvalue weighted by Crippen LogP contribution is -2.49. The molecule has 7 heteroatoms. The summed E-state index contributed by atoms with van der Waals surface area (Å²) in [6, 6.07) is 10.7. The van der Waals surface area contributed by atoms with Crippen LogP contribution in [-0.4, -0.2) is 46.1 Å². The minimum atomic E-state index is -2.48. The average molecular weight is 445 g/mol. The number of benzene rings is 1. The summed E-state index contributed by atoms with van der Waals surface area (Å²) in [4.78, 5) is 15.1. The van der Waals surface area contributed by atoms with Crippen molar-refractivity contribution in [2.24, 2.45) is 5.92 Å². The zero-order valence-electron chi connectivity index (χ0n) is 19.4. The SMILES string of the molecule is C[C@@H](C(=O)N1CCC[C@H]([C@@H]2C[C@H](C(F)F)n3nc(C(C)(C)C)cc3N2)C1)c1ccccc1. The smallest absolute Gasteiger partial charge is 0.260 e. The van der Waals surface area contributed by atoms with E-state index in [-0.39, 0.29) is 29.2 Å². The van der Waals surface area contributed by atoms with Crippen molar-refractivity contribution in [2.45, 2.75) is 76.8 Å². The average Bonchev–Trinajstić information content (AvgIpc) is 3.23. The first-order chi connectivity index (χ1) is 15.1. The van der Waals surface area contributed by atoms with E-state index in [1.165, 1.54) is 4.68 Å². The van der Waals surface area contributed by atoms with Crippen LogP contribution in [0.2, 0.25) is 0 Å². The number of likely N-dealkylation sites (tertiary alicyclic amines) is 1. The zero-order valence-corrected chi connectivity index (χ0v) is 19.4. The van der Waals surface area contributed by atoms with Gasteiger partial charge < -0.3 is 10.2 Å². The van der Waals surface area contributed by atoms with Crippen LogP contribution < -0.4 is 5.32 Å². The van der Waals surface area contributed by atoms with E-state index in [9.17, 15) is 13.6 Å². The van der Waals surface area contributed by atoms with Crippen molar-refractivity contribution in [1.82, 2.24) is 14.7 Å². The van der Waals surface area contributed by atoms with Crippen LogP contribution in [0.4, 0.5) is 14.6 Å². The largest absolute Gasteiger partial charge is 0.367 e. The lowest BCUT2D eigenvalue weighted by Gasteiger charge is -2.41. The van der Waals surface area contributed by atoms with Gasteiger partial charge in [-0.2, -0.15) is 5.10 Å².